The van der Waals surface area contributed by atoms with E-state index in [4.69, 9.17) is 9.47 Å². The molecule has 0 fully saturated rings. The summed E-state index contributed by atoms with van der Waals surface area (Å²) in [5.74, 6) is -3.39. The second-order valence-corrected chi connectivity index (χ2v) is 9.34. The van der Waals surface area contributed by atoms with E-state index in [0.717, 1.165) is 12.8 Å². The van der Waals surface area contributed by atoms with Crippen molar-refractivity contribution in [3.8, 4) is 6.07 Å². The maximum atomic E-state index is 12.8. The topological polar surface area (TPSA) is 134 Å². The molecule has 8 heteroatoms. The van der Waals surface area contributed by atoms with Gasteiger partial charge >= 0.3 is 17.9 Å². The lowest BCUT2D eigenvalue weighted by Crippen LogP contribution is -2.36. The van der Waals surface area contributed by atoms with Crippen molar-refractivity contribution in [2.45, 2.75) is 72.3 Å². The fourth-order valence-electron chi connectivity index (χ4n) is 3.28. The van der Waals surface area contributed by atoms with Crippen LogP contribution < -0.4 is 0 Å². The Morgan fingerprint density at radius 1 is 1.20 bits per heavy atom. The van der Waals surface area contributed by atoms with Crippen LogP contribution in [0.3, 0.4) is 0 Å². The number of esters is 2. The summed E-state index contributed by atoms with van der Waals surface area (Å²) in [4.78, 5) is 36.1. The Morgan fingerprint density at radius 3 is 2.34 bits per heavy atom. The number of carbonyl (C=O) groups excluding carboxylic acids is 2. The lowest BCUT2D eigenvalue weighted by molar-refractivity contribution is -0.162. The van der Waals surface area contributed by atoms with E-state index in [9.17, 15) is 29.9 Å². The summed E-state index contributed by atoms with van der Waals surface area (Å²) >= 11 is 0. The summed E-state index contributed by atoms with van der Waals surface area (Å²) < 4.78 is 10.0. The molecule has 5 unspecified atom stereocenters. The zero-order valence-electron chi connectivity index (χ0n) is 21.5. The average molecular weight is 492 g/mol. The van der Waals surface area contributed by atoms with Gasteiger partial charge in [-0.3, -0.25) is 9.59 Å². The van der Waals surface area contributed by atoms with Crippen molar-refractivity contribution < 1.29 is 34.1 Å². The lowest BCUT2D eigenvalue weighted by atomic mass is 9.76. The van der Waals surface area contributed by atoms with Gasteiger partial charge in [0.2, 0.25) is 0 Å². The Balaban J connectivity index is 4.97. The van der Waals surface area contributed by atoms with Crippen LogP contribution in [-0.2, 0) is 23.9 Å². The first-order chi connectivity index (χ1) is 16.4. The summed E-state index contributed by atoms with van der Waals surface area (Å²) in [6.07, 6.45) is 7.23. The highest BCUT2D eigenvalue weighted by atomic mass is 16.6. The van der Waals surface area contributed by atoms with E-state index in [-0.39, 0.29) is 25.0 Å². The van der Waals surface area contributed by atoms with Gasteiger partial charge in [0.25, 0.3) is 0 Å². The summed E-state index contributed by atoms with van der Waals surface area (Å²) in [5.41, 5.74) is -0.936. The van der Waals surface area contributed by atoms with E-state index in [0.29, 0.717) is 18.8 Å². The number of carboxylic acids is 1. The molecule has 0 saturated carbocycles. The molecule has 196 valence electrons. The third-order valence-electron chi connectivity index (χ3n) is 6.01. The Hall–Kier alpha value is -2.92. The lowest BCUT2D eigenvalue weighted by Gasteiger charge is -2.29. The number of aliphatic hydroxyl groups excluding tert-OH is 1. The standard InChI is InChI=1S/C27H41NO7/c1-7-20(5)12-10-9-11-13-21(16-28)14-22(24(30)31)15-27(6,8-2)26(33)35-18-23(29)17-34-25(32)19(3)4/h7,9,11,20-23,29H,1,3,8,10,12-15,17-18H2,2,4-6H3,(H,30,31)/b11-9+. The summed E-state index contributed by atoms with van der Waals surface area (Å²) in [6.45, 7) is 13.3. The highest BCUT2D eigenvalue weighted by molar-refractivity contribution is 5.86. The molecular weight excluding hydrogens is 450 g/mol. The molecule has 35 heavy (non-hydrogen) atoms. The van der Waals surface area contributed by atoms with E-state index in [1.807, 2.05) is 18.2 Å². The maximum absolute atomic E-state index is 12.8. The molecule has 0 saturated heterocycles. The van der Waals surface area contributed by atoms with Crippen LogP contribution in [0.2, 0.25) is 0 Å². The summed E-state index contributed by atoms with van der Waals surface area (Å²) in [6, 6.07) is 2.17. The number of nitriles is 1. The molecule has 5 atom stereocenters. The number of ether oxygens (including phenoxy) is 2. The Kier molecular flexibility index (Phi) is 15.3. The van der Waals surface area contributed by atoms with Crippen LogP contribution in [0.4, 0.5) is 0 Å². The molecule has 0 amide bonds. The molecular formula is C27H41NO7. The number of allylic oxidation sites excluding steroid dienone is 3. The van der Waals surface area contributed by atoms with Gasteiger partial charge in [0, 0.05) is 5.57 Å². The molecule has 0 aliphatic carbocycles. The Morgan fingerprint density at radius 2 is 1.83 bits per heavy atom. The van der Waals surface area contributed by atoms with Crippen molar-refractivity contribution in [1.82, 2.24) is 0 Å². The molecule has 0 aliphatic rings. The van der Waals surface area contributed by atoms with Gasteiger partial charge in [0.15, 0.2) is 0 Å². The molecule has 0 aromatic carbocycles. The molecule has 0 aromatic rings. The zero-order valence-corrected chi connectivity index (χ0v) is 21.5. The smallest absolute Gasteiger partial charge is 0.333 e. The minimum atomic E-state index is -1.22. The largest absolute Gasteiger partial charge is 0.481 e. The second-order valence-electron chi connectivity index (χ2n) is 9.34. The first kappa shape index (κ1) is 32.1. The predicted molar refractivity (Wildman–Crippen MR) is 133 cm³/mol. The van der Waals surface area contributed by atoms with Crippen LogP contribution in [-0.4, -0.2) is 47.4 Å². The van der Waals surface area contributed by atoms with Crippen molar-refractivity contribution in [2.24, 2.45) is 23.2 Å². The van der Waals surface area contributed by atoms with Gasteiger partial charge in [-0.25, -0.2) is 4.79 Å². The van der Waals surface area contributed by atoms with Crippen LogP contribution in [0.25, 0.3) is 0 Å². The molecule has 0 aliphatic heterocycles. The minimum absolute atomic E-state index is 0.00283. The number of rotatable bonds is 18. The fourth-order valence-corrected chi connectivity index (χ4v) is 3.28. The highest BCUT2D eigenvalue weighted by Gasteiger charge is 2.39. The van der Waals surface area contributed by atoms with E-state index in [2.05, 4.69) is 26.2 Å². The van der Waals surface area contributed by atoms with Gasteiger partial charge in [-0.2, -0.15) is 5.26 Å². The molecule has 0 spiro atoms. The van der Waals surface area contributed by atoms with Gasteiger partial charge in [-0.05, 0) is 58.3 Å². The fraction of sp³-hybridized carbons (Fsp3) is 0.630. The van der Waals surface area contributed by atoms with Gasteiger partial charge in [-0.1, -0.05) is 38.7 Å². The van der Waals surface area contributed by atoms with Crippen LogP contribution in [0.5, 0.6) is 0 Å². The third kappa shape index (κ3) is 12.9. The van der Waals surface area contributed by atoms with Gasteiger partial charge in [0.05, 0.1) is 23.3 Å². The van der Waals surface area contributed by atoms with Crippen LogP contribution in [0, 0.1) is 34.5 Å². The molecule has 0 heterocycles. The molecule has 0 bridgehead atoms. The van der Waals surface area contributed by atoms with Crippen molar-refractivity contribution in [3.05, 3.63) is 37.0 Å². The van der Waals surface area contributed by atoms with Gasteiger partial charge in [0.1, 0.15) is 19.3 Å². The monoisotopic (exact) mass is 491 g/mol. The number of hydrogen-bond acceptors (Lipinski definition) is 7. The number of carbonyl (C=O) groups is 3. The first-order valence-corrected chi connectivity index (χ1v) is 12.0. The number of carboxylic acid groups (broad SMARTS) is 1. The maximum Gasteiger partial charge on any atom is 0.333 e. The van der Waals surface area contributed by atoms with Crippen molar-refractivity contribution in [3.63, 3.8) is 0 Å². The van der Waals surface area contributed by atoms with E-state index in [1.165, 1.54) is 6.92 Å². The van der Waals surface area contributed by atoms with Gasteiger partial charge in [-0.15, -0.1) is 6.58 Å². The molecule has 0 rings (SSSR count). The van der Waals surface area contributed by atoms with E-state index >= 15 is 0 Å². The molecule has 0 aromatic heterocycles. The summed E-state index contributed by atoms with van der Waals surface area (Å²) in [5, 5.41) is 29.2. The number of aliphatic carboxylic acids is 1. The Bertz CT molecular complexity index is 798. The van der Waals surface area contributed by atoms with Crippen molar-refractivity contribution in [1.29, 1.82) is 5.26 Å². The number of aliphatic hydroxyl groups is 1. The number of nitrogens with zero attached hydrogens (tertiary/aromatic N) is 1. The van der Waals surface area contributed by atoms with E-state index in [1.54, 1.807) is 13.8 Å². The SMILES string of the molecule is C=CC(C)CC/C=C/CC(C#N)CC(CC(C)(CC)C(=O)OCC(O)COC(=O)C(=C)C)C(=O)O. The van der Waals surface area contributed by atoms with Crippen molar-refractivity contribution in [2.75, 3.05) is 13.2 Å². The molecule has 2 N–H and O–H groups in total. The predicted octanol–water partition coefficient (Wildman–Crippen LogP) is 4.60. The van der Waals surface area contributed by atoms with Crippen LogP contribution >= 0.6 is 0 Å². The van der Waals surface area contributed by atoms with Crippen LogP contribution in [0.15, 0.2) is 37.0 Å². The Labute approximate surface area is 209 Å². The molecule has 8 nitrogen and oxygen atoms in total. The normalized spacial score (nSPS) is 16.2. The van der Waals surface area contributed by atoms with Gasteiger partial charge < -0.3 is 19.7 Å². The highest BCUT2D eigenvalue weighted by Crippen LogP contribution is 2.35. The molecule has 0 radical (unpaired) electrons. The second kappa shape index (κ2) is 16.7. The number of hydrogen-bond donors (Lipinski definition) is 2. The third-order valence-corrected chi connectivity index (χ3v) is 6.01. The minimum Gasteiger partial charge on any atom is -0.481 e. The summed E-state index contributed by atoms with van der Waals surface area (Å²) in [7, 11) is 0. The zero-order chi connectivity index (χ0) is 27.0. The average Bonchev–Trinajstić information content (AvgIpc) is 2.83. The van der Waals surface area contributed by atoms with Crippen molar-refractivity contribution >= 4 is 17.9 Å². The van der Waals surface area contributed by atoms with Crippen LogP contribution in [0.1, 0.15) is 66.2 Å². The van der Waals surface area contributed by atoms with E-state index < -0.39 is 47.9 Å². The quantitative estimate of drug-likeness (QED) is 0.161. The first-order valence-electron chi connectivity index (χ1n) is 12.0.